The molecule has 1 aromatic carbocycles. The van der Waals surface area contributed by atoms with Crippen molar-refractivity contribution in [2.45, 2.75) is 24.6 Å². The summed E-state index contributed by atoms with van der Waals surface area (Å²) < 4.78 is 27.6. The molecule has 6 nitrogen and oxygen atoms in total. The molecular formula is C16H20ClNO5S2. The number of hydrogen-bond donors (Lipinski definition) is 1. The van der Waals surface area contributed by atoms with Crippen molar-refractivity contribution in [3.63, 3.8) is 0 Å². The summed E-state index contributed by atoms with van der Waals surface area (Å²) in [5.74, 6) is -0.627. The Balaban J connectivity index is 1.68. The Kier molecular flexibility index (Phi) is 7.15. The predicted octanol–water partition coefficient (Wildman–Crippen LogP) is 1.98. The van der Waals surface area contributed by atoms with Crippen molar-refractivity contribution in [2.24, 2.45) is 0 Å². The van der Waals surface area contributed by atoms with Gasteiger partial charge in [-0.2, -0.15) is 0 Å². The van der Waals surface area contributed by atoms with E-state index in [0.717, 1.165) is 5.56 Å². The molecule has 2 rings (SSSR count). The van der Waals surface area contributed by atoms with Gasteiger partial charge in [-0.05, 0) is 31.0 Å². The van der Waals surface area contributed by atoms with Crippen LogP contribution in [0.1, 0.15) is 24.9 Å². The first-order valence-corrected chi connectivity index (χ1v) is 11.0. The lowest BCUT2D eigenvalue weighted by Crippen LogP contribution is -2.31. The molecule has 0 unspecified atom stereocenters. The Morgan fingerprint density at radius 2 is 2.20 bits per heavy atom. The van der Waals surface area contributed by atoms with Crippen molar-refractivity contribution >= 4 is 45.1 Å². The minimum atomic E-state index is -2.96. The van der Waals surface area contributed by atoms with Gasteiger partial charge in [0.1, 0.15) is 0 Å². The number of rotatable bonds is 7. The number of ether oxygens (including phenoxy) is 1. The highest BCUT2D eigenvalue weighted by Gasteiger charge is 2.28. The lowest BCUT2D eigenvalue weighted by molar-refractivity contribution is -0.146. The topological polar surface area (TPSA) is 89.5 Å². The lowest BCUT2D eigenvalue weighted by Gasteiger charge is -2.15. The van der Waals surface area contributed by atoms with E-state index in [1.165, 1.54) is 11.8 Å². The number of benzene rings is 1. The summed E-state index contributed by atoms with van der Waals surface area (Å²) in [5.41, 5.74) is 0.852. The minimum absolute atomic E-state index is 0.0390. The highest BCUT2D eigenvalue weighted by Crippen LogP contribution is 2.24. The molecule has 0 radical (unpaired) electrons. The highest BCUT2D eigenvalue weighted by atomic mass is 35.5. The van der Waals surface area contributed by atoms with E-state index in [2.05, 4.69) is 5.32 Å². The van der Waals surface area contributed by atoms with Crippen LogP contribution >= 0.6 is 23.4 Å². The van der Waals surface area contributed by atoms with Crippen molar-refractivity contribution in [3.05, 3.63) is 34.9 Å². The maximum Gasteiger partial charge on any atom is 0.316 e. The number of carbonyl (C=O) groups excluding carboxylic acids is 2. The van der Waals surface area contributed by atoms with Crippen LogP contribution in [0.25, 0.3) is 0 Å². The molecule has 0 aromatic heterocycles. The summed E-state index contributed by atoms with van der Waals surface area (Å²) >= 11 is 7.17. The normalized spacial score (nSPS) is 20.0. The molecule has 25 heavy (non-hydrogen) atoms. The first-order valence-electron chi connectivity index (χ1n) is 7.77. The molecule has 1 fully saturated rings. The SMILES string of the molecule is C[C@@H](NC(=O)COC(=O)CS[C@@H]1CCS(=O)(=O)C1)c1cccc(Cl)c1. The van der Waals surface area contributed by atoms with Crippen molar-refractivity contribution in [3.8, 4) is 0 Å². The number of nitrogens with one attached hydrogen (secondary N) is 1. The van der Waals surface area contributed by atoms with Crippen LogP contribution in [0, 0.1) is 0 Å². The van der Waals surface area contributed by atoms with E-state index in [0.29, 0.717) is 11.4 Å². The van der Waals surface area contributed by atoms with E-state index in [1.54, 1.807) is 18.2 Å². The van der Waals surface area contributed by atoms with E-state index < -0.39 is 21.7 Å². The average Bonchev–Trinajstić information content (AvgIpc) is 2.90. The van der Waals surface area contributed by atoms with E-state index in [4.69, 9.17) is 16.3 Å². The number of esters is 1. The Bertz CT molecular complexity index is 738. The molecule has 0 bridgehead atoms. The average molecular weight is 406 g/mol. The summed E-state index contributed by atoms with van der Waals surface area (Å²) in [7, 11) is -2.96. The maximum absolute atomic E-state index is 11.9. The third-order valence-electron chi connectivity index (χ3n) is 3.72. The zero-order chi connectivity index (χ0) is 18.4. The molecule has 9 heteroatoms. The highest BCUT2D eigenvalue weighted by molar-refractivity contribution is 8.02. The van der Waals surface area contributed by atoms with Gasteiger partial charge >= 0.3 is 5.97 Å². The van der Waals surface area contributed by atoms with Crippen molar-refractivity contribution in [1.82, 2.24) is 5.32 Å². The quantitative estimate of drug-likeness (QED) is 0.697. The number of carbonyl (C=O) groups is 2. The molecule has 1 saturated heterocycles. The van der Waals surface area contributed by atoms with Crippen LogP contribution in [-0.4, -0.2) is 49.4 Å². The summed E-state index contributed by atoms with van der Waals surface area (Å²) in [5, 5.41) is 3.23. The molecule has 1 aliphatic heterocycles. The Labute approximate surface area is 156 Å². The van der Waals surface area contributed by atoms with Gasteiger partial charge in [0.25, 0.3) is 5.91 Å². The van der Waals surface area contributed by atoms with Gasteiger partial charge < -0.3 is 10.1 Å². The van der Waals surface area contributed by atoms with Gasteiger partial charge in [-0.3, -0.25) is 9.59 Å². The molecule has 1 N–H and O–H groups in total. The number of hydrogen-bond acceptors (Lipinski definition) is 6. The van der Waals surface area contributed by atoms with Crippen LogP contribution in [0.2, 0.25) is 5.02 Å². The zero-order valence-electron chi connectivity index (χ0n) is 13.7. The van der Waals surface area contributed by atoms with Gasteiger partial charge in [0.2, 0.25) is 0 Å². The molecule has 1 amide bonds. The van der Waals surface area contributed by atoms with Gasteiger partial charge in [0.05, 0.1) is 23.3 Å². The second kappa shape index (κ2) is 8.91. The van der Waals surface area contributed by atoms with Gasteiger partial charge in [-0.1, -0.05) is 23.7 Å². The summed E-state index contributed by atoms with van der Waals surface area (Å²) in [4.78, 5) is 23.5. The van der Waals surface area contributed by atoms with E-state index in [1.807, 2.05) is 13.0 Å². The third kappa shape index (κ3) is 6.87. The largest absolute Gasteiger partial charge is 0.455 e. The molecule has 2 atom stereocenters. The molecule has 1 heterocycles. The Morgan fingerprint density at radius 1 is 1.44 bits per heavy atom. The van der Waals surface area contributed by atoms with E-state index in [9.17, 15) is 18.0 Å². The number of halogens is 1. The predicted molar refractivity (Wildman–Crippen MR) is 98.5 cm³/mol. The number of thioether (sulfide) groups is 1. The molecule has 0 saturated carbocycles. The van der Waals surface area contributed by atoms with Gasteiger partial charge in [-0.15, -0.1) is 11.8 Å². The van der Waals surface area contributed by atoms with Crippen LogP contribution in [0.15, 0.2) is 24.3 Å². The third-order valence-corrected chi connectivity index (χ3v) is 7.21. The molecule has 0 aliphatic carbocycles. The van der Waals surface area contributed by atoms with Crippen molar-refractivity contribution < 1.29 is 22.7 Å². The summed E-state index contributed by atoms with van der Waals surface area (Å²) in [6.07, 6.45) is 0.553. The Morgan fingerprint density at radius 3 is 2.84 bits per heavy atom. The van der Waals surface area contributed by atoms with Gasteiger partial charge in [0, 0.05) is 10.3 Å². The molecule has 1 aromatic rings. The smallest absolute Gasteiger partial charge is 0.316 e. The van der Waals surface area contributed by atoms with Crippen molar-refractivity contribution in [1.29, 1.82) is 0 Å². The van der Waals surface area contributed by atoms with Crippen molar-refractivity contribution in [2.75, 3.05) is 23.9 Å². The van der Waals surface area contributed by atoms with E-state index >= 15 is 0 Å². The lowest BCUT2D eigenvalue weighted by atomic mass is 10.1. The summed E-state index contributed by atoms with van der Waals surface area (Å²) in [6, 6.07) is 6.87. The maximum atomic E-state index is 11.9. The van der Waals surface area contributed by atoms with Gasteiger partial charge in [-0.25, -0.2) is 8.42 Å². The molecule has 1 aliphatic rings. The first-order chi connectivity index (χ1) is 11.7. The zero-order valence-corrected chi connectivity index (χ0v) is 16.1. The van der Waals surface area contributed by atoms with Crippen LogP contribution in [0.3, 0.4) is 0 Å². The number of amides is 1. The van der Waals surface area contributed by atoms with Crippen LogP contribution in [0.5, 0.6) is 0 Å². The molecular weight excluding hydrogens is 386 g/mol. The standard InChI is InChI=1S/C16H20ClNO5S2/c1-11(12-3-2-4-13(17)7-12)18-15(19)8-23-16(20)9-24-14-5-6-25(21,22)10-14/h2-4,7,11,14H,5-6,8-10H2,1H3,(H,18,19)/t11-,14-/m1/s1. The fourth-order valence-corrected chi connectivity index (χ4v) is 6.05. The fraction of sp³-hybridized carbons (Fsp3) is 0.500. The van der Waals surface area contributed by atoms with Crippen LogP contribution in [-0.2, 0) is 24.2 Å². The monoisotopic (exact) mass is 405 g/mol. The first kappa shape index (κ1) is 20.1. The van der Waals surface area contributed by atoms with Crippen LogP contribution < -0.4 is 5.32 Å². The summed E-state index contributed by atoms with van der Waals surface area (Å²) in [6.45, 7) is 1.44. The Hall–Kier alpha value is -1.25. The van der Waals surface area contributed by atoms with E-state index in [-0.39, 0.29) is 35.2 Å². The fourth-order valence-electron chi connectivity index (χ4n) is 2.41. The number of sulfone groups is 1. The second-order valence-corrected chi connectivity index (χ2v) is 9.79. The second-order valence-electron chi connectivity index (χ2n) is 5.84. The van der Waals surface area contributed by atoms with Gasteiger partial charge in [0.15, 0.2) is 16.4 Å². The minimum Gasteiger partial charge on any atom is -0.455 e. The molecule has 138 valence electrons. The molecule has 0 spiro atoms. The van der Waals surface area contributed by atoms with Crippen LogP contribution in [0.4, 0.5) is 0 Å².